The van der Waals surface area contributed by atoms with Gasteiger partial charge in [-0.3, -0.25) is 9.69 Å². The Morgan fingerprint density at radius 1 is 1.35 bits per heavy atom. The molecule has 0 saturated carbocycles. The Morgan fingerprint density at radius 3 is 2.69 bits per heavy atom. The summed E-state index contributed by atoms with van der Waals surface area (Å²) in [5.41, 5.74) is 3.10. The average Bonchev–Trinajstić information content (AvgIpc) is 3.00. The van der Waals surface area contributed by atoms with Gasteiger partial charge in [-0.25, -0.2) is 13.8 Å². The number of aryl methyl sites for hydroxylation is 2. The third kappa shape index (κ3) is 4.03. The Bertz CT molecular complexity index is 794. The van der Waals surface area contributed by atoms with Gasteiger partial charge in [-0.05, 0) is 38.8 Å². The number of fused-ring (bicyclic) bond motifs is 1. The van der Waals surface area contributed by atoms with Crippen LogP contribution in [0.4, 0.5) is 8.78 Å². The summed E-state index contributed by atoms with van der Waals surface area (Å²) in [6, 6.07) is 3.76. The normalized spacial score (nSPS) is 17.0. The van der Waals surface area contributed by atoms with E-state index < -0.39 is 5.92 Å². The molecule has 0 unspecified atom stereocenters. The van der Waals surface area contributed by atoms with Crippen molar-refractivity contribution in [2.75, 3.05) is 19.6 Å². The lowest BCUT2D eigenvalue weighted by Gasteiger charge is -2.34. The molecule has 0 radical (unpaired) electrons. The molecule has 0 atom stereocenters. The number of carbonyl (C=O) groups excluding carboxylic acids is 1. The summed E-state index contributed by atoms with van der Waals surface area (Å²) < 4.78 is 28.9. The number of nitrogens with one attached hydrogen (secondary N) is 1. The van der Waals surface area contributed by atoms with Crippen molar-refractivity contribution >= 4 is 11.6 Å². The molecule has 3 rings (SSSR count). The molecule has 7 heteroatoms. The van der Waals surface area contributed by atoms with Crippen LogP contribution in [0.5, 0.6) is 0 Å². The van der Waals surface area contributed by atoms with Crippen LogP contribution in [0, 0.1) is 13.8 Å². The maximum absolute atomic E-state index is 13.5. The Kier molecular flexibility index (Phi) is 5.27. The van der Waals surface area contributed by atoms with E-state index in [0.717, 1.165) is 11.4 Å². The van der Waals surface area contributed by atoms with E-state index in [1.54, 1.807) is 11.0 Å². The van der Waals surface area contributed by atoms with Crippen LogP contribution in [-0.2, 0) is 0 Å². The van der Waals surface area contributed by atoms with Gasteiger partial charge >= 0.3 is 0 Å². The van der Waals surface area contributed by atoms with Crippen molar-refractivity contribution in [1.29, 1.82) is 0 Å². The van der Waals surface area contributed by atoms with Crippen LogP contribution in [0.3, 0.4) is 0 Å². The molecule has 0 spiro atoms. The first-order valence-corrected chi connectivity index (χ1v) is 9.15. The molecule has 0 bridgehead atoms. The van der Waals surface area contributed by atoms with Crippen LogP contribution in [0.2, 0.25) is 0 Å². The number of amides is 1. The van der Waals surface area contributed by atoms with Crippen LogP contribution in [0.1, 0.15) is 47.9 Å². The number of hydrogen-bond donors (Lipinski definition) is 1. The summed E-state index contributed by atoms with van der Waals surface area (Å²) in [6.45, 7) is 6.35. The molecule has 1 aliphatic heterocycles. The molecule has 5 nitrogen and oxygen atoms in total. The van der Waals surface area contributed by atoms with Crippen molar-refractivity contribution in [2.45, 2.75) is 52.0 Å². The zero-order valence-corrected chi connectivity index (χ0v) is 15.6. The molecular weight excluding hydrogens is 338 g/mol. The zero-order valence-electron chi connectivity index (χ0n) is 15.6. The lowest BCUT2D eigenvalue weighted by molar-refractivity contribution is -0.0402. The molecule has 0 aliphatic carbocycles. The average molecular weight is 364 g/mol. The lowest BCUT2D eigenvalue weighted by Crippen LogP contribution is -2.47. The molecule has 2 aromatic rings. The minimum atomic E-state index is -2.64. The van der Waals surface area contributed by atoms with Crippen molar-refractivity contribution in [3.05, 3.63) is 35.3 Å². The van der Waals surface area contributed by atoms with Crippen LogP contribution < -0.4 is 5.32 Å². The highest BCUT2D eigenvalue weighted by molar-refractivity contribution is 6.00. The molecule has 3 heterocycles. The van der Waals surface area contributed by atoms with Gasteiger partial charge in [0.15, 0.2) is 0 Å². The van der Waals surface area contributed by atoms with Gasteiger partial charge in [0.2, 0.25) is 0 Å². The number of carbonyl (C=O) groups is 1. The van der Waals surface area contributed by atoms with E-state index in [-0.39, 0.29) is 24.9 Å². The molecule has 1 fully saturated rings. The molecule has 26 heavy (non-hydrogen) atoms. The predicted octanol–water partition coefficient (Wildman–Crippen LogP) is 3.19. The van der Waals surface area contributed by atoms with Gasteiger partial charge in [-0.2, -0.15) is 0 Å². The third-order valence-corrected chi connectivity index (χ3v) is 5.08. The van der Waals surface area contributed by atoms with Crippen LogP contribution in [0.25, 0.3) is 5.65 Å². The SMILES string of the molecule is CCC(F)(F)CN1CCC(NC(=O)c2ccn3c(C)cc(C)nc23)CC1. The van der Waals surface area contributed by atoms with Gasteiger partial charge in [0.05, 0.1) is 12.1 Å². The summed E-state index contributed by atoms with van der Waals surface area (Å²) in [5, 5.41) is 3.04. The Labute approximate surface area is 152 Å². The number of aromatic nitrogens is 2. The third-order valence-electron chi connectivity index (χ3n) is 5.08. The van der Waals surface area contributed by atoms with Crippen molar-refractivity contribution in [3.8, 4) is 0 Å². The van der Waals surface area contributed by atoms with Crippen LogP contribution in [0.15, 0.2) is 18.3 Å². The highest BCUT2D eigenvalue weighted by Crippen LogP contribution is 2.22. The van der Waals surface area contributed by atoms with Crippen molar-refractivity contribution in [3.63, 3.8) is 0 Å². The first-order chi connectivity index (χ1) is 12.3. The number of piperidine rings is 1. The molecule has 1 saturated heterocycles. The molecule has 1 amide bonds. The smallest absolute Gasteiger partial charge is 0.260 e. The van der Waals surface area contributed by atoms with Gasteiger partial charge in [0.25, 0.3) is 11.8 Å². The second-order valence-corrected chi connectivity index (χ2v) is 7.20. The first-order valence-electron chi connectivity index (χ1n) is 9.15. The van der Waals surface area contributed by atoms with Crippen molar-refractivity contribution in [2.24, 2.45) is 0 Å². The number of alkyl halides is 2. The quantitative estimate of drug-likeness (QED) is 0.886. The van der Waals surface area contributed by atoms with E-state index in [2.05, 4.69) is 10.3 Å². The monoisotopic (exact) mass is 364 g/mol. The minimum absolute atomic E-state index is 0.00913. The summed E-state index contributed by atoms with van der Waals surface area (Å²) in [4.78, 5) is 18.9. The summed E-state index contributed by atoms with van der Waals surface area (Å²) in [7, 11) is 0. The number of halogens is 2. The van der Waals surface area contributed by atoms with Gasteiger partial charge in [0.1, 0.15) is 5.65 Å². The van der Waals surface area contributed by atoms with Crippen molar-refractivity contribution in [1.82, 2.24) is 19.6 Å². The number of nitrogens with zero attached hydrogens (tertiary/aromatic N) is 3. The Hall–Kier alpha value is -2.02. The molecule has 142 valence electrons. The number of hydrogen-bond acceptors (Lipinski definition) is 3. The van der Waals surface area contributed by atoms with E-state index >= 15 is 0 Å². The largest absolute Gasteiger partial charge is 0.349 e. The molecular formula is C19H26F2N4O. The lowest BCUT2D eigenvalue weighted by atomic mass is 10.0. The van der Waals surface area contributed by atoms with E-state index in [1.165, 1.54) is 6.92 Å². The van der Waals surface area contributed by atoms with Crippen LogP contribution >= 0.6 is 0 Å². The first kappa shape index (κ1) is 18.8. The summed E-state index contributed by atoms with van der Waals surface area (Å²) >= 11 is 0. The predicted molar refractivity (Wildman–Crippen MR) is 96.8 cm³/mol. The fourth-order valence-corrected chi connectivity index (χ4v) is 3.51. The second-order valence-electron chi connectivity index (χ2n) is 7.20. The van der Waals surface area contributed by atoms with E-state index in [1.807, 2.05) is 30.5 Å². The highest BCUT2D eigenvalue weighted by atomic mass is 19.3. The number of likely N-dealkylation sites (tertiary alicyclic amines) is 1. The van der Waals surface area contributed by atoms with Gasteiger partial charge in [0, 0.05) is 43.1 Å². The molecule has 1 aliphatic rings. The summed E-state index contributed by atoms with van der Waals surface area (Å²) in [5.74, 6) is -2.79. The molecule has 2 aromatic heterocycles. The minimum Gasteiger partial charge on any atom is -0.349 e. The standard InChI is InChI=1S/C19H26F2N4O/c1-4-19(20,21)12-24-8-5-15(6-9-24)23-18(26)16-7-10-25-14(3)11-13(2)22-17(16)25/h7,10-11,15H,4-6,8-9,12H2,1-3H3,(H,23,26). The highest BCUT2D eigenvalue weighted by Gasteiger charge is 2.31. The fourth-order valence-electron chi connectivity index (χ4n) is 3.51. The molecule has 1 N–H and O–H groups in total. The van der Waals surface area contributed by atoms with Crippen LogP contribution in [-0.4, -0.2) is 51.8 Å². The number of rotatable bonds is 5. The second kappa shape index (κ2) is 7.31. The van der Waals surface area contributed by atoms with Crippen molar-refractivity contribution < 1.29 is 13.6 Å². The van der Waals surface area contributed by atoms with E-state index in [4.69, 9.17) is 0 Å². The maximum Gasteiger partial charge on any atom is 0.260 e. The molecule has 0 aromatic carbocycles. The van der Waals surface area contributed by atoms with Gasteiger partial charge in [-0.1, -0.05) is 6.92 Å². The van der Waals surface area contributed by atoms with E-state index in [9.17, 15) is 13.6 Å². The topological polar surface area (TPSA) is 49.6 Å². The summed E-state index contributed by atoms with van der Waals surface area (Å²) in [6.07, 6.45) is 3.07. The fraction of sp³-hybridized carbons (Fsp3) is 0.579. The van der Waals surface area contributed by atoms with Gasteiger partial charge < -0.3 is 9.72 Å². The van der Waals surface area contributed by atoms with E-state index in [0.29, 0.717) is 37.1 Å². The zero-order chi connectivity index (χ0) is 18.9. The van der Waals surface area contributed by atoms with Gasteiger partial charge in [-0.15, -0.1) is 0 Å². The maximum atomic E-state index is 13.5. The Balaban J connectivity index is 1.62. The Morgan fingerprint density at radius 2 is 2.04 bits per heavy atom.